The maximum absolute atomic E-state index is 10.9. The van der Waals surface area contributed by atoms with Crippen molar-refractivity contribution < 1.29 is 20.1 Å². The molecule has 1 aliphatic rings. The molecule has 0 fully saturated rings. The lowest BCUT2D eigenvalue weighted by Crippen LogP contribution is -2.40. The molecular formula is C28H40N2O4. The summed E-state index contributed by atoms with van der Waals surface area (Å²) in [5, 5.41) is 32.4. The van der Waals surface area contributed by atoms with Crippen LogP contribution >= 0.6 is 0 Å². The summed E-state index contributed by atoms with van der Waals surface area (Å²) >= 11 is 0. The molecule has 186 valence electrons. The Hall–Kier alpha value is -2.57. The number of carboxylic acid groups (broad SMARTS) is 1. The highest BCUT2D eigenvalue weighted by molar-refractivity contribution is 5.87. The Morgan fingerprint density at radius 2 is 1.76 bits per heavy atom. The van der Waals surface area contributed by atoms with Gasteiger partial charge >= 0.3 is 5.97 Å². The second-order valence-electron chi connectivity index (χ2n) is 9.42. The molecule has 0 saturated heterocycles. The molecule has 2 aromatic carbocycles. The van der Waals surface area contributed by atoms with Gasteiger partial charge in [-0.3, -0.25) is 0 Å². The lowest BCUT2D eigenvalue weighted by molar-refractivity contribution is 0.0697. The fourth-order valence-electron chi connectivity index (χ4n) is 4.97. The van der Waals surface area contributed by atoms with E-state index in [1.807, 2.05) is 18.2 Å². The minimum Gasteiger partial charge on any atom is -0.504 e. The molecule has 1 atom stereocenters. The number of hydrogen-bond donors (Lipinski definition) is 4. The maximum Gasteiger partial charge on any atom is 0.335 e. The van der Waals surface area contributed by atoms with E-state index in [1.54, 1.807) is 18.2 Å². The molecule has 0 aliphatic heterocycles. The third-order valence-corrected chi connectivity index (χ3v) is 6.91. The number of carboxylic acids is 1. The van der Waals surface area contributed by atoms with Crippen molar-refractivity contribution in [3.8, 4) is 11.5 Å². The molecule has 0 radical (unpaired) electrons. The van der Waals surface area contributed by atoms with Crippen LogP contribution in [0.4, 0.5) is 0 Å². The van der Waals surface area contributed by atoms with Gasteiger partial charge in [0.05, 0.1) is 5.56 Å². The van der Waals surface area contributed by atoms with Gasteiger partial charge in [-0.15, -0.1) is 0 Å². The first-order valence-electron chi connectivity index (χ1n) is 12.8. The molecule has 6 nitrogen and oxygen atoms in total. The van der Waals surface area contributed by atoms with Crippen LogP contribution in [0.15, 0.2) is 36.4 Å². The fraction of sp³-hybridized carbons (Fsp3) is 0.536. The zero-order valence-electron chi connectivity index (χ0n) is 20.4. The van der Waals surface area contributed by atoms with Gasteiger partial charge in [-0.25, -0.2) is 4.79 Å². The van der Waals surface area contributed by atoms with Crippen LogP contribution in [-0.2, 0) is 19.3 Å². The van der Waals surface area contributed by atoms with Crippen molar-refractivity contribution in [2.45, 2.75) is 70.8 Å². The summed E-state index contributed by atoms with van der Waals surface area (Å²) < 4.78 is 0. The van der Waals surface area contributed by atoms with Crippen LogP contribution < -0.4 is 5.32 Å². The number of rotatable bonds is 14. The summed E-state index contributed by atoms with van der Waals surface area (Å²) in [5.74, 6) is -0.817. The summed E-state index contributed by atoms with van der Waals surface area (Å²) in [4.78, 5) is 13.5. The number of phenols is 2. The molecule has 4 N–H and O–H groups in total. The van der Waals surface area contributed by atoms with Crippen molar-refractivity contribution in [1.29, 1.82) is 0 Å². The number of phenolic OH excluding ortho intramolecular Hbond substituents is 2. The number of nitrogens with one attached hydrogen (secondary N) is 1. The molecule has 1 aliphatic carbocycles. The van der Waals surface area contributed by atoms with Gasteiger partial charge in [-0.05, 0) is 100 Å². The Morgan fingerprint density at radius 1 is 1.00 bits per heavy atom. The number of benzene rings is 2. The average Bonchev–Trinajstić information content (AvgIpc) is 2.84. The molecule has 0 amide bonds. The predicted octanol–water partition coefficient (Wildman–Crippen LogP) is 4.76. The molecule has 0 bridgehead atoms. The quantitative estimate of drug-likeness (QED) is 0.236. The number of aromatic hydroxyl groups is 2. The first kappa shape index (κ1) is 26.0. The zero-order valence-corrected chi connectivity index (χ0v) is 20.4. The summed E-state index contributed by atoms with van der Waals surface area (Å²) in [5.41, 5.74) is 3.60. The Morgan fingerprint density at radius 3 is 2.50 bits per heavy atom. The number of fused-ring (bicyclic) bond motifs is 1. The second kappa shape index (κ2) is 13.4. The van der Waals surface area contributed by atoms with Crippen LogP contribution in [0.25, 0.3) is 0 Å². The zero-order chi connectivity index (χ0) is 24.3. The standard InChI is InChI=1S/C28H40N2O4/c1-2-18-30(24-12-13-25-23(20-24)11-14-26(31)27(25)32)19-6-4-3-5-16-29-17-15-21-7-9-22(10-8-21)28(33)34/h7-11,14,24,29,31-32H,2-6,12-13,15-20H2,1H3,(H,33,34). The molecule has 0 aromatic heterocycles. The first-order valence-corrected chi connectivity index (χ1v) is 12.8. The SMILES string of the molecule is CCCN(CCCCCCNCCc1ccc(C(=O)O)cc1)C1CCc2c(ccc(O)c2O)C1. The maximum atomic E-state index is 10.9. The van der Waals surface area contributed by atoms with Crippen molar-refractivity contribution >= 4 is 5.97 Å². The van der Waals surface area contributed by atoms with Crippen molar-refractivity contribution in [2.24, 2.45) is 0 Å². The lowest BCUT2D eigenvalue weighted by atomic mass is 9.86. The Balaban J connectivity index is 1.29. The van der Waals surface area contributed by atoms with Gasteiger partial charge in [0.15, 0.2) is 11.5 Å². The molecule has 2 aromatic rings. The molecule has 0 heterocycles. The monoisotopic (exact) mass is 468 g/mol. The first-order chi connectivity index (χ1) is 16.5. The summed E-state index contributed by atoms with van der Waals surface area (Å²) in [6.07, 6.45) is 9.71. The minimum atomic E-state index is -0.881. The van der Waals surface area contributed by atoms with Crippen LogP contribution in [-0.4, -0.2) is 58.4 Å². The third kappa shape index (κ3) is 7.47. The van der Waals surface area contributed by atoms with E-state index in [1.165, 1.54) is 31.2 Å². The lowest BCUT2D eigenvalue weighted by Gasteiger charge is -2.35. The van der Waals surface area contributed by atoms with E-state index >= 15 is 0 Å². The Kier molecular flexibility index (Phi) is 10.2. The van der Waals surface area contributed by atoms with Gasteiger partial charge in [0.2, 0.25) is 0 Å². The van der Waals surface area contributed by atoms with E-state index in [4.69, 9.17) is 5.11 Å². The number of nitrogens with zero attached hydrogens (tertiary/aromatic N) is 1. The topological polar surface area (TPSA) is 93.0 Å². The van der Waals surface area contributed by atoms with Crippen molar-refractivity contribution in [3.05, 3.63) is 58.7 Å². The van der Waals surface area contributed by atoms with Crippen molar-refractivity contribution in [3.63, 3.8) is 0 Å². The smallest absolute Gasteiger partial charge is 0.335 e. The van der Waals surface area contributed by atoms with E-state index in [-0.39, 0.29) is 11.5 Å². The molecule has 0 spiro atoms. The highest BCUT2D eigenvalue weighted by atomic mass is 16.4. The number of hydrogen-bond acceptors (Lipinski definition) is 5. The van der Waals surface area contributed by atoms with Gasteiger partial charge in [0.1, 0.15) is 0 Å². The van der Waals surface area contributed by atoms with Gasteiger partial charge < -0.3 is 25.5 Å². The number of aromatic carboxylic acids is 1. The van der Waals surface area contributed by atoms with E-state index in [2.05, 4.69) is 17.1 Å². The van der Waals surface area contributed by atoms with Crippen molar-refractivity contribution in [1.82, 2.24) is 10.2 Å². The molecule has 34 heavy (non-hydrogen) atoms. The normalized spacial score (nSPS) is 15.4. The minimum absolute atomic E-state index is 0.00787. The molecular weight excluding hydrogens is 428 g/mol. The fourth-order valence-corrected chi connectivity index (χ4v) is 4.97. The predicted molar refractivity (Wildman–Crippen MR) is 136 cm³/mol. The number of carbonyl (C=O) groups is 1. The Labute approximate surface area is 203 Å². The van der Waals surface area contributed by atoms with E-state index in [9.17, 15) is 15.0 Å². The molecule has 1 unspecified atom stereocenters. The summed E-state index contributed by atoms with van der Waals surface area (Å²) in [6.45, 7) is 6.39. The third-order valence-electron chi connectivity index (χ3n) is 6.91. The Bertz CT molecular complexity index is 913. The van der Waals surface area contributed by atoms with Crippen LogP contribution in [0.5, 0.6) is 11.5 Å². The van der Waals surface area contributed by atoms with Crippen molar-refractivity contribution in [2.75, 3.05) is 26.2 Å². The highest BCUT2D eigenvalue weighted by Gasteiger charge is 2.26. The van der Waals surface area contributed by atoms with Gasteiger partial charge in [-0.1, -0.05) is 38.0 Å². The molecule has 6 heteroatoms. The average molecular weight is 469 g/mol. The highest BCUT2D eigenvalue weighted by Crippen LogP contribution is 2.36. The van der Waals surface area contributed by atoms with Gasteiger partial charge in [0, 0.05) is 11.6 Å². The number of unbranched alkanes of at least 4 members (excludes halogenated alkanes) is 3. The molecule has 3 rings (SSSR count). The van der Waals surface area contributed by atoms with E-state index in [0.717, 1.165) is 69.4 Å². The van der Waals surface area contributed by atoms with Crippen LogP contribution in [0, 0.1) is 0 Å². The van der Waals surface area contributed by atoms with Crippen LogP contribution in [0.2, 0.25) is 0 Å². The summed E-state index contributed by atoms with van der Waals surface area (Å²) in [6, 6.07) is 11.2. The van der Waals surface area contributed by atoms with E-state index in [0.29, 0.717) is 11.6 Å². The van der Waals surface area contributed by atoms with Gasteiger partial charge in [0.25, 0.3) is 0 Å². The van der Waals surface area contributed by atoms with E-state index < -0.39 is 5.97 Å². The van der Waals surface area contributed by atoms with Crippen LogP contribution in [0.3, 0.4) is 0 Å². The van der Waals surface area contributed by atoms with Gasteiger partial charge in [-0.2, -0.15) is 0 Å². The van der Waals surface area contributed by atoms with Crippen LogP contribution in [0.1, 0.15) is 72.5 Å². The largest absolute Gasteiger partial charge is 0.504 e. The second-order valence-corrected chi connectivity index (χ2v) is 9.42. The molecule has 0 saturated carbocycles. The summed E-state index contributed by atoms with van der Waals surface area (Å²) in [7, 11) is 0.